The van der Waals surface area contributed by atoms with Crippen LogP contribution in [0.4, 0.5) is 0 Å². The van der Waals surface area contributed by atoms with Crippen molar-refractivity contribution in [1.82, 2.24) is 5.32 Å². The molecule has 2 heteroatoms. The Labute approximate surface area is 162 Å². The van der Waals surface area contributed by atoms with Crippen LogP contribution in [0, 0.1) is 29.6 Å². The number of nitrogens with zero attached hydrogens (tertiary/aromatic N) is 1. The molecule has 0 aromatic rings. The third kappa shape index (κ3) is 2.20. The molecule has 7 unspecified atom stereocenters. The van der Waals surface area contributed by atoms with E-state index in [1.165, 1.54) is 41.7 Å². The van der Waals surface area contributed by atoms with Crippen LogP contribution >= 0.6 is 0 Å². The van der Waals surface area contributed by atoms with E-state index in [0.717, 1.165) is 5.92 Å². The van der Waals surface area contributed by atoms with Crippen LogP contribution in [0.25, 0.3) is 0 Å². The van der Waals surface area contributed by atoms with Crippen molar-refractivity contribution < 1.29 is 0 Å². The maximum absolute atomic E-state index is 5.37. The van der Waals surface area contributed by atoms with Gasteiger partial charge in [-0.25, -0.2) is 0 Å². The second kappa shape index (κ2) is 5.54. The molecule has 138 valence electrons. The molecule has 0 aromatic heterocycles. The Bertz CT molecular complexity index is 909. The fraction of sp³-hybridized carbons (Fsp3) is 0.480. The maximum atomic E-state index is 5.37. The fourth-order valence-corrected chi connectivity index (χ4v) is 6.28. The van der Waals surface area contributed by atoms with Crippen molar-refractivity contribution >= 4 is 5.71 Å². The lowest BCUT2D eigenvalue weighted by atomic mass is 9.64. The van der Waals surface area contributed by atoms with Crippen LogP contribution in [-0.2, 0) is 0 Å². The maximum Gasteiger partial charge on any atom is 0.156 e. The van der Waals surface area contributed by atoms with Crippen molar-refractivity contribution in [1.29, 1.82) is 0 Å². The van der Waals surface area contributed by atoms with Gasteiger partial charge in [0.2, 0.25) is 0 Å². The molecule has 27 heavy (non-hydrogen) atoms. The minimum atomic E-state index is -0.365. The molecule has 1 aliphatic heterocycles. The molecular weight excluding hydrogens is 328 g/mol. The second-order valence-corrected chi connectivity index (χ2v) is 9.40. The minimum absolute atomic E-state index is 0.365. The highest BCUT2D eigenvalue weighted by atomic mass is 15.2. The second-order valence-electron chi connectivity index (χ2n) is 9.40. The van der Waals surface area contributed by atoms with E-state index in [1.54, 1.807) is 0 Å². The number of rotatable bonds is 0. The average molecular weight is 357 g/mol. The highest BCUT2D eigenvalue weighted by Crippen LogP contribution is 2.49. The summed E-state index contributed by atoms with van der Waals surface area (Å²) in [5, 5.41) is 4.05. The number of hydrogen-bond acceptors (Lipinski definition) is 2. The molecule has 0 radical (unpaired) electrons. The van der Waals surface area contributed by atoms with E-state index >= 15 is 0 Å². The van der Waals surface area contributed by atoms with Gasteiger partial charge in [-0.15, -0.1) is 0 Å². The summed E-state index contributed by atoms with van der Waals surface area (Å²) >= 11 is 0. The third-order valence-electron chi connectivity index (χ3n) is 7.81. The molecule has 6 rings (SSSR count). The van der Waals surface area contributed by atoms with Crippen molar-refractivity contribution in [2.24, 2.45) is 34.6 Å². The predicted octanol–water partition coefficient (Wildman–Crippen LogP) is 4.90. The highest BCUT2D eigenvalue weighted by molar-refractivity contribution is 6.00. The summed E-state index contributed by atoms with van der Waals surface area (Å²) in [4.78, 5) is 5.37. The normalized spacial score (nSPS) is 46.1. The van der Waals surface area contributed by atoms with Crippen LogP contribution in [-0.4, -0.2) is 17.4 Å². The van der Waals surface area contributed by atoms with E-state index in [0.29, 0.717) is 29.7 Å². The van der Waals surface area contributed by atoms with E-state index in [2.05, 4.69) is 73.8 Å². The van der Waals surface area contributed by atoms with E-state index in [4.69, 9.17) is 4.99 Å². The molecule has 1 saturated carbocycles. The van der Waals surface area contributed by atoms with Crippen molar-refractivity contribution in [2.75, 3.05) is 0 Å². The molecule has 0 bridgehead atoms. The molecule has 0 saturated heterocycles. The minimum Gasteiger partial charge on any atom is -0.282 e. The van der Waals surface area contributed by atoms with Crippen molar-refractivity contribution in [3.05, 3.63) is 71.4 Å². The van der Waals surface area contributed by atoms with E-state index in [-0.39, 0.29) is 5.66 Å². The van der Waals surface area contributed by atoms with E-state index < -0.39 is 0 Å². The van der Waals surface area contributed by atoms with Crippen LogP contribution < -0.4 is 5.32 Å². The molecule has 0 aromatic carbocycles. The van der Waals surface area contributed by atoms with Crippen LogP contribution in [0.3, 0.4) is 0 Å². The van der Waals surface area contributed by atoms with Gasteiger partial charge in [0.25, 0.3) is 0 Å². The van der Waals surface area contributed by atoms with Gasteiger partial charge in [-0.1, -0.05) is 56.4 Å². The SMILES string of the molecule is CC1C=CC=C2C=C3C(=CC21)C=CC31N=C2C=CCC3CCC(C)C(N1)C23. The number of allylic oxidation sites excluding steroid dienone is 9. The van der Waals surface area contributed by atoms with Gasteiger partial charge in [-0.3, -0.25) is 10.3 Å². The van der Waals surface area contributed by atoms with Crippen LogP contribution in [0.2, 0.25) is 0 Å². The molecule has 1 fully saturated rings. The lowest BCUT2D eigenvalue weighted by Crippen LogP contribution is -2.62. The van der Waals surface area contributed by atoms with E-state index in [9.17, 15) is 0 Å². The summed E-state index contributed by atoms with van der Waals surface area (Å²) in [6.07, 6.45) is 24.9. The predicted molar refractivity (Wildman–Crippen MR) is 111 cm³/mol. The van der Waals surface area contributed by atoms with Gasteiger partial charge in [-0.05, 0) is 60.3 Å². The summed E-state index contributed by atoms with van der Waals surface area (Å²) < 4.78 is 0. The zero-order valence-corrected chi connectivity index (χ0v) is 16.2. The first kappa shape index (κ1) is 16.1. The van der Waals surface area contributed by atoms with Crippen LogP contribution in [0.1, 0.15) is 33.1 Å². The summed E-state index contributed by atoms with van der Waals surface area (Å²) in [5.74, 6) is 3.15. The Kier molecular flexibility index (Phi) is 3.30. The number of fused-ring (bicyclic) bond motifs is 3. The van der Waals surface area contributed by atoms with Crippen molar-refractivity contribution in [2.45, 2.75) is 44.8 Å². The smallest absolute Gasteiger partial charge is 0.156 e. The van der Waals surface area contributed by atoms with Crippen molar-refractivity contribution in [3.8, 4) is 0 Å². The molecule has 2 nitrogen and oxygen atoms in total. The Balaban J connectivity index is 1.48. The summed E-state index contributed by atoms with van der Waals surface area (Å²) in [5.41, 5.74) is 5.13. The molecule has 5 aliphatic carbocycles. The summed E-state index contributed by atoms with van der Waals surface area (Å²) in [6, 6.07) is 0.531. The zero-order chi connectivity index (χ0) is 18.2. The molecule has 1 spiro atoms. The standard InChI is InChI=1S/C25H28N2/c1-15-5-3-7-18-14-21-19(13-20(15)18)11-12-25(21)26-22-8-4-6-17-10-9-16(2)24(27-25)23(17)22/h3-5,7-8,11-17,20,23-24,27H,6,9-10H2,1-2H3. The largest absolute Gasteiger partial charge is 0.282 e. The topological polar surface area (TPSA) is 24.4 Å². The van der Waals surface area contributed by atoms with Crippen LogP contribution in [0.5, 0.6) is 0 Å². The van der Waals surface area contributed by atoms with Gasteiger partial charge in [0, 0.05) is 29.2 Å². The van der Waals surface area contributed by atoms with Gasteiger partial charge in [0.15, 0.2) is 5.66 Å². The lowest BCUT2D eigenvalue weighted by Gasteiger charge is -2.51. The molecule has 7 atom stereocenters. The molecule has 6 aliphatic rings. The van der Waals surface area contributed by atoms with Crippen LogP contribution in [0.15, 0.2) is 76.4 Å². The average Bonchev–Trinajstić information content (AvgIpc) is 3.01. The quantitative estimate of drug-likeness (QED) is 0.656. The number of nitrogens with one attached hydrogen (secondary N) is 1. The van der Waals surface area contributed by atoms with E-state index in [1.807, 2.05) is 0 Å². The van der Waals surface area contributed by atoms with Crippen molar-refractivity contribution in [3.63, 3.8) is 0 Å². The first-order valence-electron chi connectivity index (χ1n) is 10.7. The molecular formula is C25H28N2. The Morgan fingerprint density at radius 2 is 2.11 bits per heavy atom. The third-order valence-corrected chi connectivity index (χ3v) is 7.81. The Morgan fingerprint density at radius 3 is 3.04 bits per heavy atom. The van der Waals surface area contributed by atoms with Gasteiger partial charge in [0.05, 0.1) is 0 Å². The summed E-state index contributed by atoms with van der Waals surface area (Å²) in [6.45, 7) is 4.75. The number of hydrogen-bond donors (Lipinski definition) is 1. The molecule has 1 N–H and O–H groups in total. The first-order chi connectivity index (χ1) is 13.1. The lowest BCUT2D eigenvalue weighted by molar-refractivity contribution is 0.143. The fourth-order valence-electron chi connectivity index (χ4n) is 6.28. The molecule has 0 amide bonds. The monoisotopic (exact) mass is 356 g/mol. The zero-order valence-electron chi connectivity index (χ0n) is 16.2. The van der Waals surface area contributed by atoms with Gasteiger partial charge in [-0.2, -0.15) is 0 Å². The van der Waals surface area contributed by atoms with Gasteiger partial charge >= 0.3 is 0 Å². The summed E-state index contributed by atoms with van der Waals surface area (Å²) in [7, 11) is 0. The Hall–Kier alpha value is -1.93. The first-order valence-corrected chi connectivity index (χ1v) is 10.7. The number of aliphatic imine (C=N–C) groups is 1. The van der Waals surface area contributed by atoms with Gasteiger partial charge < -0.3 is 0 Å². The molecule has 1 heterocycles. The Morgan fingerprint density at radius 1 is 1.19 bits per heavy atom. The van der Waals surface area contributed by atoms with Gasteiger partial charge in [0.1, 0.15) is 0 Å². The highest BCUT2D eigenvalue weighted by Gasteiger charge is 2.51.